The number of hydrogen-bond acceptors (Lipinski definition) is 4. The summed E-state index contributed by atoms with van der Waals surface area (Å²) in [4.78, 5) is 26.7. The van der Waals surface area contributed by atoms with E-state index in [2.05, 4.69) is 0 Å². The van der Waals surface area contributed by atoms with Gasteiger partial charge in [0, 0.05) is 29.9 Å². The van der Waals surface area contributed by atoms with Crippen molar-refractivity contribution in [2.45, 2.75) is 45.6 Å². The fourth-order valence-corrected chi connectivity index (χ4v) is 4.36. The zero-order valence-electron chi connectivity index (χ0n) is 19.9. The molecule has 6 nitrogen and oxygen atoms in total. The number of methoxy groups -OCH3 is 1. The third kappa shape index (κ3) is 5.82. The zero-order valence-corrected chi connectivity index (χ0v) is 20.7. The number of ether oxygens (including phenoxy) is 1. The number of halogens is 5. The lowest BCUT2D eigenvalue weighted by molar-refractivity contribution is -0.138. The Bertz CT molecular complexity index is 1370. The molecule has 0 saturated carbocycles. The van der Waals surface area contributed by atoms with Gasteiger partial charge in [0.1, 0.15) is 11.6 Å². The molecule has 3 aromatic rings. The van der Waals surface area contributed by atoms with Crippen LogP contribution < -0.4 is 21.7 Å². The molecule has 0 aliphatic heterocycles. The lowest BCUT2D eigenvalue weighted by Gasteiger charge is -2.19. The summed E-state index contributed by atoms with van der Waals surface area (Å²) in [6, 6.07) is 6.62. The van der Waals surface area contributed by atoms with E-state index in [0.717, 1.165) is 33.5 Å². The van der Waals surface area contributed by atoms with E-state index < -0.39 is 47.0 Å². The third-order valence-corrected chi connectivity index (χ3v) is 6.04. The van der Waals surface area contributed by atoms with Gasteiger partial charge in [0.05, 0.1) is 29.8 Å². The molecule has 1 aromatic heterocycles. The standard InChI is InChI=1S/C25H26ClF4N3O3/c1-14(2)10-15(31)11-33-23(34)17(16-6-4-9-21(36-3)22(16)26)12-32(24(33)35)13-18-19(25(28,29)30)7-5-8-20(18)27/h4-9,12,14-15H,10-11,13,31H2,1-3H3. The normalized spacial score (nSPS) is 12.7. The van der Waals surface area contributed by atoms with E-state index in [0.29, 0.717) is 6.42 Å². The average Bonchev–Trinajstić information content (AvgIpc) is 2.78. The van der Waals surface area contributed by atoms with Crippen LogP contribution in [0, 0.1) is 11.7 Å². The number of aromatic nitrogens is 2. The first-order chi connectivity index (χ1) is 16.8. The second-order valence-corrected chi connectivity index (χ2v) is 9.22. The van der Waals surface area contributed by atoms with Crippen molar-refractivity contribution in [1.82, 2.24) is 9.13 Å². The molecule has 0 bridgehead atoms. The van der Waals surface area contributed by atoms with Crippen molar-refractivity contribution in [3.63, 3.8) is 0 Å². The van der Waals surface area contributed by atoms with Crippen molar-refractivity contribution >= 4 is 11.6 Å². The number of alkyl halides is 3. The first-order valence-corrected chi connectivity index (χ1v) is 11.5. The van der Waals surface area contributed by atoms with Crippen LogP contribution in [-0.2, 0) is 19.3 Å². The average molecular weight is 528 g/mol. The fourth-order valence-electron chi connectivity index (χ4n) is 4.06. The van der Waals surface area contributed by atoms with E-state index >= 15 is 0 Å². The predicted octanol–water partition coefficient (Wildman–Crippen LogP) is 4.92. The summed E-state index contributed by atoms with van der Waals surface area (Å²) < 4.78 is 62.3. The molecule has 1 unspecified atom stereocenters. The van der Waals surface area contributed by atoms with Gasteiger partial charge in [-0.15, -0.1) is 0 Å². The Labute approximate surface area is 209 Å². The van der Waals surface area contributed by atoms with Crippen LogP contribution in [0.1, 0.15) is 31.4 Å². The predicted molar refractivity (Wildman–Crippen MR) is 130 cm³/mol. The largest absolute Gasteiger partial charge is 0.495 e. The Morgan fingerprint density at radius 3 is 2.36 bits per heavy atom. The van der Waals surface area contributed by atoms with Crippen molar-refractivity contribution in [3.05, 3.63) is 85.4 Å². The van der Waals surface area contributed by atoms with Crippen LogP contribution in [-0.4, -0.2) is 22.3 Å². The molecule has 0 aliphatic carbocycles. The van der Waals surface area contributed by atoms with E-state index in [1.807, 2.05) is 13.8 Å². The van der Waals surface area contributed by atoms with Crippen molar-refractivity contribution in [3.8, 4) is 16.9 Å². The van der Waals surface area contributed by atoms with E-state index in [9.17, 15) is 27.2 Å². The van der Waals surface area contributed by atoms with Gasteiger partial charge < -0.3 is 10.5 Å². The number of rotatable bonds is 8. The maximum atomic E-state index is 14.6. The Kier molecular flexibility index (Phi) is 8.30. The molecule has 11 heteroatoms. The van der Waals surface area contributed by atoms with Crippen LogP contribution in [0.4, 0.5) is 17.6 Å². The highest BCUT2D eigenvalue weighted by molar-refractivity contribution is 6.34. The smallest absolute Gasteiger partial charge is 0.416 e. The van der Waals surface area contributed by atoms with E-state index in [-0.39, 0.29) is 34.4 Å². The number of benzene rings is 2. The van der Waals surface area contributed by atoms with E-state index in [1.165, 1.54) is 13.2 Å². The van der Waals surface area contributed by atoms with Gasteiger partial charge in [0.2, 0.25) is 0 Å². The molecule has 0 amide bonds. The van der Waals surface area contributed by atoms with Gasteiger partial charge >= 0.3 is 11.9 Å². The Morgan fingerprint density at radius 1 is 1.08 bits per heavy atom. The summed E-state index contributed by atoms with van der Waals surface area (Å²) in [5, 5.41) is 0.0715. The fraction of sp³-hybridized carbons (Fsp3) is 0.360. The summed E-state index contributed by atoms with van der Waals surface area (Å²) in [7, 11) is 1.38. The SMILES string of the molecule is COc1cccc(-c2cn(Cc3c(F)cccc3C(F)(F)F)c(=O)n(CC(N)CC(C)C)c2=O)c1Cl. The van der Waals surface area contributed by atoms with Gasteiger partial charge in [-0.3, -0.25) is 13.9 Å². The topological polar surface area (TPSA) is 79.2 Å². The van der Waals surface area contributed by atoms with Crippen molar-refractivity contribution in [2.24, 2.45) is 11.7 Å². The molecule has 1 atom stereocenters. The Hall–Kier alpha value is -3.11. The van der Waals surface area contributed by atoms with Crippen LogP contribution in [0.2, 0.25) is 5.02 Å². The Morgan fingerprint density at radius 2 is 1.75 bits per heavy atom. The summed E-state index contributed by atoms with van der Waals surface area (Å²) in [6.07, 6.45) is -3.28. The molecule has 0 aliphatic rings. The summed E-state index contributed by atoms with van der Waals surface area (Å²) in [6.45, 7) is 2.89. The molecule has 3 rings (SSSR count). The van der Waals surface area contributed by atoms with Gasteiger partial charge in [0.25, 0.3) is 5.56 Å². The van der Waals surface area contributed by atoms with Gasteiger partial charge in [-0.25, -0.2) is 9.18 Å². The highest BCUT2D eigenvalue weighted by atomic mass is 35.5. The minimum Gasteiger partial charge on any atom is -0.495 e. The number of nitrogens with zero attached hydrogens (tertiary/aromatic N) is 2. The quantitative estimate of drug-likeness (QED) is 0.422. The minimum absolute atomic E-state index is 0.0693. The molecule has 194 valence electrons. The van der Waals surface area contributed by atoms with E-state index in [1.54, 1.807) is 12.1 Å². The second kappa shape index (κ2) is 10.9. The van der Waals surface area contributed by atoms with Crippen LogP contribution in [0.3, 0.4) is 0 Å². The summed E-state index contributed by atoms with van der Waals surface area (Å²) in [5.41, 5.74) is 2.69. The van der Waals surface area contributed by atoms with Crippen LogP contribution in [0.15, 0.2) is 52.2 Å². The first-order valence-electron chi connectivity index (χ1n) is 11.1. The lowest BCUT2D eigenvalue weighted by atomic mass is 10.0. The highest BCUT2D eigenvalue weighted by Crippen LogP contribution is 2.35. The van der Waals surface area contributed by atoms with Gasteiger partial charge in [-0.1, -0.05) is 43.6 Å². The van der Waals surface area contributed by atoms with Crippen LogP contribution in [0.25, 0.3) is 11.1 Å². The summed E-state index contributed by atoms with van der Waals surface area (Å²) >= 11 is 6.41. The maximum absolute atomic E-state index is 14.6. The van der Waals surface area contributed by atoms with Crippen molar-refractivity contribution in [1.29, 1.82) is 0 Å². The molecule has 2 aromatic carbocycles. The lowest BCUT2D eigenvalue weighted by Crippen LogP contribution is -2.45. The molecular weight excluding hydrogens is 502 g/mol. The van der Waals surface area contributed by atoms with Crippen molar-refractivity contribution in [2.75, 3.05) is 7.11 Å². The molecular formula is C25H26ClF4N3O3. The molecule has 2 N–H and O–H groups in total. The minimum atomic E-state index is -4.85. The van der Waals surface area contributed by atoms with Crippen molar-refractivity contribution < 1.29 is 22.3 Å². The molecule has 1 heterocycles. The number of hydrogen-bond donors (Lipinski definition) is 1. The third-order valence-electron chi connectivity index (χ3n) is 5.65. The second-order valence-electron chi connectivity index (χ2n) is 8.84. The van der Waals surface area contributed by atoms with Gasteiger partial charge in [0.15, 0.2) is 0 Å². The first kappa shape index (κ1) is 27.5. The molecule has 0 radical (unpaired) electrons. The van der Waals surface area contributed by atoms with E-state index in [4.69, 9.17) is 22.1 Å². The Balaban J connectivity index is 2.27. The van der Waals surface area contributed by atoms with Crippen LogP contribution >= 0.6 is 11.6 Å². The van der Waals surface area contributed by atoms with Gasteiger partial charge in [-0.05, 0) is 30.5 Å². The molecule has 0 fully saturated rings. The molecule has 0 spiro atoms. The zero-order chi connectivity index (χ0) is 26.8. The monoisotopic (exact) mass is 527 g/mol. The maximum Gasteiger partial charge on any atom is 0.416 e. The molecule has 0 saturated heterocycles. The molecule has 36 heavy (non-hydrogen) atoms. The van der Waals surface area contributed by atoms with Gasteiger partial charge in [-0.2, -0.15) is 13.2 Å². The summed E-state index contributed by atoms with van der Waals surface area (Å²) in [5.74, 6) is -0.712. The highest BCUT2D eigenvalue weighted by Gasteiger charge is 2.34. The number of nitrogens with two attached hydrogens (primary N) is 1. The van der Waals surface area contributed by atoms with Crippen LogP contribution in [0.5, 0.6) is 5.75 Å².